The van der Waals surface area contributed by atoms with Gasteiger partial charge in [-0.05, 0) is 32.0 Å². The first-order chi connectivity index (χ1) is 7.77. The van der Waals surface area contributed by atoms with Crippen molar-refractivity contribution in [1.82, 2.24) is 4.57 Å². The van der Waals surface area contributed by atoms with Gasteiger partial charge in [0.1, 0.15) is 0 Å². The Morgan fingerprint density at radius 3 is 2.81 bits per heavy atom. The van der Waals surface area contributed by atoms with Gasteiger partial charge in [-0.3, -0.25) is 0 Å². The van der Waals surface area contributed by atoms with Crippen LogP contribution >= 0.6 is 15.9 Å². The van der Waals surface area contributed by atoms with Gasteiger partial charge in [0.2, 0.25) is 0 Å². The number of rotatable bonds is 4. The van der Waals surface area contributed by atoms with Crippen molar-refractivity contribution in [3.05, 3.63) is 34.4 Å². The predicted octanol–water partition coefficient (Wildman–Crippen LogP) is 3.96. The van der Waals surface area contributed by atoms with Crippen LogP contribution in [0, 0.1) is 0 Å². The largest absolute Gasteiger partial charge is 0.376 e. The highest BCUT2D eigenvalue weighted by Crippen LogP contribution is 2.27. The molecule has 1 heterocycles. The van der Waals surface area contributed by atoms with E-state index in [4.69, 9.17) is 4.74 Å². The van der Waals surface area contributed by atoms with E-state index in [1.807, 2.05) is 6.92 Å². The lowest BCUT2D eigenvalue weighted by molar-refractivity contribution is 0.129. The minimum absolute atomic E-state index is 0.686. The van der Waals surface area contributed by atoms with Crippen LogP contribution < -0.4 is 0 Å². The van der Waals surface area contributed by atoms with Gasteiger partial charge in [0.05, 0.1) is 6.61 Å². The van der Waals surface area contributed by atoms with E-state index in [9.17, 15) is 0 Å². The molecule has 0 saturated carbocycles. The number of hydrogen-bond acceptors (Lipinski definition) is 1. The molecule has 0 aliphatic carbocycles. The van der Waals surface area contributed by atoms with Crippen molar-refractivity contribution in [3.8, 4) is 0 Å². The molecule has 0 unspecified atom stereocenters. The first-order valence-electron chi connectivity index (χ1n) is 5.62. The lowest BCUT2D eigenvalue weighted by atomic mass is 10.2. The second-order valence-corrected chi connectivity index (χ2v) is 4.54. The average molecular weight is 282 g/mol. The Hall–Kier alpha value is -0.800. The number of aromatic nitrogens is 1. The lowest BCUT2D eigenvalue weighted by Gasteiger charge is -2.07. The van der Waals surface area contributed by atoms with E-state index in [2.05, 4.69) is 51.7 Å². The molecule has 2 aromatic rings. The quantitative estimate of drug-likeness (QED) is 0.828. The Morgan fingerprint density at radius 2 is 2.12 bits per heavy atom. The van der Waals surface area contributed by atoms with Crippen molar-refractivity contribution < 1.29 is 4.74 Å². The Balaban J connectivity index is 2.52. The van der Waals surface area contributed by atoms with Crippen molar-refractivity contribution in [3.63, 3.8) is 0 Å². The van der Waals surface area contributed by atoms with Gasteiger partial charge >= 0.3 is 0 Å². The van der Waals surface area contributed by atoms with E-state index in [0.717, 1.165) is 17.6 Å². The molecule has 1 aromatic heterocycles. The molecule has 16 heavy (non-hydrogen) atoms. The smallest absolute Gasteiger partial charge is 0.0867 e. The Kier molecular flexibility index (Phi) is 3.66. The second kappa shape index (κ2) is 5.02. The normalized spacial score (nSPS) is 11.2. The molecule has 3 heteroatoms. The molecule has 86 valence electrons. The van der Waals surface area contributed by atoms with Crippen LogP contribution in [0.25, 0.3) is 10.9 Å². The molecule has 2 nitrogen and oxygen atoms in total. The van der Waals surface area contributed by atoms with E-state index in [-0.39, 0.29) is 0 Å². The molecule has 0 bridgehead atoms. The number of halogens is 1. The summed E-state index contributed by atoms with van der Waals surface area (Å²) in [7, 11) is 0. The summed E-state index contributed by atoms with van der Waals surface area (Å²) in [6.45, 7) is 6.60. The summed E-state index contributed by atoms with van der Waals surface area (Å²) in [6.07, 6.45) is 0. The summed E-state index contributed by atoms with van der Waals surface area (Å²) in [4.78, 5) is 0. The van der Waals surface area contributed by atoms with Crippen molar-refractivity contribution >= 4 is 26.8 Å². The standard InChI is InChI=1S/C13H16BrNO/c1-3-15-10(9-16-4-2)8-11-12(14)6-5-7-13(11)15/h5-8H,3-4,9H2,1-2H3. The highest BCUT2D eigenvalue weighted by Gasteiger charge is 2.09. The van der Waals surface area contributed by atoms with E-state index in [1.165, 1.54) is 16.6 Å². The minimum Gasteiger partial charge on any atom is -0.376 e. The van der Waals surface area contributed by atoms with Crippen molar-refractivity contribution in [2.75, 3.05) is 6.61 Å². The maximum atomic E-state index is 5.50. The Morgan fingerprint density at radius 1 is 1.31 bits per heavy atom. The molecular weight excluding hydrogens is 266 g/mol. The van der Waals surface area contributed by atoms with Gasteiger partial charge in [-0.2, -0.15) is 0 Å². The van der Waals surface area contributed by atoms with Crippen LogP contribution in [0.2, 0.25) is 0 Å². The van der Waals surface area contributed by atoms with Crippen LogP contribution in [0.1, 0.15) is 19.5 Å². The molecule has 0 N–H and O–H groups in total. The van der Waals surface area contributed by atoms with Gasteiger partial charge in [0, 0.05) is 34.2 Å². The van der Waals surface area contributed by atoms with Crippen LogP contribution in [-0.2, 0) is 17.9 Å². The number of hydrogen-bond donors (Lipinski definition) is 0. The SMILES string of the molecule is CCOCc1cc2c(Br)cccc2n1CC. The van der Waals surface area contributed by atoms with Crippen molar-refractivity contribution in [2.45, 2.75) is 27.0 Å². The molecule has 1 aromatic carbocycles. The van der Waals surface area contributed by atoms with Gasteiger partial charge in [0.15, 0.2) is 0 Å². The number of aryl methyl sites for hydroxylation is 1. The number of fused-ring (bicyclic) bond motifs is 1. The number of ether oxygens (including phenoxy) is 1. The summed E-state index contributed by atoms with van der Waals surface area (Å²) in [5, 5.41) is 1.26. The van der Waals surface area contributed by atoms with Crippen LogP contribution in [0.3, 0.4) is 0 Å². The summed E-state index contributed by atoms with van der Waals surface area (Å²) >= 11 is 3.59. The average Bonchev–Trinajstić information content (AvgIpc) is 2.65. The summed E-state index contributed by atoms with van der Waals surface area (Å²) in [5.41, 5.74) is 2.51. The van der Waals surface area contributed by atoms with E-state index in [1.54, 1.807) is 0 Å². The van der Waals surface area contributed by atoms with E-state index < -0.39 is 0 Å². The van der Waals surface area contributed by atoms with Crippen LogP contribution in [0.4, 0.5) is 0 Å². The topological polar surface area (TPSA) is 14.2 Å². The molecule has 0 spiro atoms. The highest BCUT2D eigenvalue weighted by molar-refractivity contribution is 9.10. The van der Waals surface area contributed by atoms with Crippen molar-refractivity contribution in [1.29, 1.82) is 0 Å². The van der Waals surface area contributed by atoms with E-state index in [0.29, 0.717) is 6.61 Å². The molecule has 0 radical (unpaired) electrons. The molecule has 0 fully saturated rings. The Labute approximate surface area is 104 Å². The van der Waals surface area contributed by atoms with E-state index >= 15 is 0 Å². The summed E-state index contributed by atoms with van der Waals surface area (Å²) in [5.74, 6) is 0. The van der Waals surface area contributed by atoms with Crippen LogP contribution in [0.5, 0.6) is 0 Å². The molecule has 0 saturated heterocycles. The minimum atomic E-state index is 0.686. The second-order valence-electron chi connectivity index (χ2n) is 3.69. The molecule has 0 aliphatic heterocycles. The summed E-state index contributed by atoms with van der Waals surface area (Å²) < 4.78 is 8.94. The fraction of sp³-hybridized carbons (Fsp3) is 0.385. The molecule has 0 atom stereocenters. The molecule has 2 rings (SSSR count). The van der Waals surface area contributed by atoms with Gasteiger partial charge in [-0.1, -0.05) is 22.0 Å². The molecule has 0 aliphatic rings. The fourth-order valence-corrected chi connectivity index (χ4v) is 2.47. The van der Waals surface area contributed by atoms with Gasteiger partial charge in [-0.25, -0.2) is 0 Å². The summed E-state index contributed by atoms with van der Waals surface area (Å²) in [6, 6.07) is 8.51. The van der Waals surface area contributed by atoms with Gasteiger partial charge in [-0.15, -0.1) is 0 Å². The monoisotopic (exact) mass is 281 g/mol. The predicted molar refractivity (Wildman–Crippen MR) is 70.6 cm³/mol. The fourth-order valence-electron chi connectivity index (χ4n) is 2.00. The van der Waals surface area contributed by atoms with Crippen LogP contribution in [-0.4, -0.2) is 11.2 Å². The lowest BCUT2D eigenvalue weighted by Crippen LogP contribution is -2.02. The third-order valence-electron chi connectivity index (χ3n) is 2.75. The van der Waals surface area contributed by atoms with Crippen LogP contribution in [0.15, 0.2) is 28.7 Å². The third-order valence-corrected chi connectivity index (χ3v) is 3.44. The Bertz CT molecular complexity index is 490. The molecular formula is C13H16BrNO. The zero-order chi connectivity index (χ0) is 11.5. The maximum Gasteiger partial charge on any atom is 0.0867 e. The zero-order valence-electron chi connectivity index (χ0n) is 9.66. The first-order valence-corrected chi connectivity index (χ1v) is 6.41. The first kappa shape index (κ1) is 11.7. The van der Waals surface area contributed by atoms with Crippen molar-refractivity contribution in [2.24, 2.45) is 0 Å². The molecule has 0 amide bonds. The number of benzene rings is 1. The maximum absolute atomic E-state index is 5.50. The third kappa shape index (κ3) is 2.02. The van der Waals surface area contributed by atoms with Gasteiger partial charge < -0.3 is 9.30 Å². The van der Waals surface area contributed by atoms with Gasteiger partial charge in [0.25, 0.3) is 0 Å². The highest BCUT2D eigenvalue weighted by atomic mass is 79.9. The zero-order valence-corrected chi connectivity index (χ0v) is 11.3. The number of nitrogens with zero attached hydrogens (tertiary/aromatic N) is 1.